The molecule has 0 unspecified atom stereocenters. The Morgan fingerprint density at radius 3 is 2.59 bits per heavy atom. The summed E-state index contributed by atoms with van der Waals surface area (Å²) in [5, 5.41) is 10.3. The predicted octanol–water partition coefficient (Wildman–Crippen LogP) is 4.57. The number of carbonyl (C=O) groups excluding carboxylic acids is 1. The van der Waals surface area contributed by atoms with Crippen LogP contribution >= 0.6 is 0 Å². The van der Waals surface area contributed by atoms with E-state index in [4.69, 9.17) is 4.52 Å². The summed E-state index contributed by atoms with van der Waals surface area (Å²) in [6.45, 7) is 1.71. The number of rotatable bonds is 4. The van der Waals surface area contributed by atoms with E-state index in [2.05, 4.69) is 15.7 Å². The standard InChI is InChI=1S/C22H17N3O2/c1-15-20(21(25-27-15)17-9-3-2-4-10-17)22(26)24-23-14-18-12-7-11-16-8-5-6-13-19(16)18/h2-14H,1H3,(H,24,26). The second kappa shape index (κ2) is 7.25. The summed E-state index contributed by atoms with van der Waals surface area (Å²) >= 11 is 0. The molecule has 1 amide bonds. The molecule has 1 N–H and O–H groups in total. The monoisotopic (exact) mass is 355 g/mol. The number of fused-ring (bicyclic) bond motifs is 1. The first-order valence-electron chi connectivity index (χ1n) is 8.57. The Labute approximate surface area is 156 Å². The van der Waals surface area contributed by atoms with Gasteiger partial charge in [-0.15, -0.1) is 0 Å². The second-order valence-corrected chi connectivity index (χ2v) is 6.10. The molecule has 132 valence electrons. The van der Waals surface area contributed by atoms with Crippen LogP contribution in [-0.2, 0) is 0 Å². The second-order valence-electron chi connectivity index (χ2n) is 6.10. The number of aryl methyl sites for hydroxylation is 1. The van der Waals surface area contributed by atoms with Gasteiger partial charge in [-0.3, -0.25) is 4.79 Å². The summed E-state index contributed by atoms with van der Waals surface area (Å²) in [6.07, 6.45) is 1.64. The van der Waals surface area contributed by atoms with Crippen LogP contribution in [0.3, 0.4) is 0 Å². The van der Waals surface area contributed by atoms with Gasteiger partial charge in [-0.1, -0.05) is 78.0 Å². The van der Waals surface area contributed by atoms with Crippen molar-refractivity contribution >= 4 is 22.9 Å². The van der Waals surface area contributed by atoms with Crippen LogP contribution in [-0.4, -0.2) is 17.3 Å². The zero-order valence-corrected chi connectivity index (χ0v) is 14.7. The third-order valence-electron chi connectivity index (χ3n) is 4.33. The van der Waals surface area contributed by atoms with Crippen molar-refractivity contribution in [3.63, 3.8) is 0 Å². The van der Waals surface area contributed by atoms with Crippen LogP contribution < -0.4 is 5.43 Å². The maximum absolute atomic E-state index is 12.6. The van der Waals surface area contributed by atoms with E-state index in [-0.39, 0.29) is 5.91 Å². The first-order valence-corrected chi connectivity index (χ1v) is 8.57. The highest BCUT2D eigenvalue weighted by Crippen LogP contribution is 2.25. The van der Waals surface area contributed by atoms with Crippen LogP contribution in [0.1, 0.15) is 21.7 Å². The summed E-state index contributed by atoms with van der Waals surface area (Å²) in [4.78, 5) is 12.6. The molecule has 1 heterocycles. The van der Waals surface area contributed by atoms with E-state index in [1.54, 1.807) is 13.1 Å². The van der Waals surface area contributed by atoms with E-state index >= 15 is 0 Å². The lowest BCUT2D eigenvalue weighted by Crippen LogP contribution is -2.18. The van der Waals surface area contributed by atoms with Gasteiger partial charge < -0.3 is 4.52 Å². The quantitative estimate of drug-likeness (QED) is 0.431. The molecule has 5 heteroatoms. The lowest BCUT2D eigenvalue weighted by molar-refractivity contribution is 0.0954. The number of amides is 1. The van der Waals surface area contributed by atoms with Gasteiger partial charge in [0.25, 0.3) is 5.91 Å². The number of hydrogen-bond donors (Lipinski definition) is 1. The molecule has 0 spiro atoms. The minimum atomic E-state index is -0.357. The van der Waals surface area contributed by atoms with Crippen molar-refractivity contribution in [1.29, 1.82) is 0 Å². The molecule has 0 fully saturated rings. The smallest absolute Gasteiger partial charge is 0.277 e. The van der Waals surface area contributed by atoms with Crippen molar-refractivity contribution in [2.45, 2.75) is 6.92 Å². The number of hydrogen-bond acceptors (Lipinski definition) is 4. The highest BCUT2D eigenvalue weighted by atomic mass is 16.5. The van der Waals surface area contributed by atoms with E-state index < -0.39 is 0 Å². The predicted molar refractivity (Wildman–Crippen MR) is 106 cm³/mol. The van der Waals surface area contributed by atoms with Gasteiger partial charge in [0, 0.05) is 11.1 Å². The van der Waals surface area contributed by atoms with Crippen molar-refractivity contribution in [3.05, 3.63) is 89.7 Å². The lowest BCUT2D eigenvalue weighted by atomic mass is 10.1. The fourth-order valence-corrected chi connectivity index (χ4v) is 3.01. The molecule has 0 saturated heterocycles. The highest BCUT2D eigenvalue weighted by molar-refractivity contribution is 6.02. The highest BCUT2D eigenvalue weighted by Gasteiger charge is 2.21. The molecule has 0 saturated carbocycles. The van der Waals surface area contributed by atoms with Crippen molar-refractivity contribution in [1.82, 2.24) is 10.6 Å². The summed E-state index contributed by atoms with van der Waals surface area (Å²) in [5.41, 5.74) is 5.22. The third kappa shape index (κ3) is 3.35. The van der Waals surface area contributed by atoms with Gasteiger partial charge >= 0.3 is 0 Å². The SMILES string of the molecule is Cc1onc(-c2ccccc2)c1C(=O)NN=Cc1cccc2ccccc12. The van der Waals surface area contributed by atoms with Crippen LogP contribution in [0.25, 0.3) is 22.0 Å². The van der Waals surface area contributed by atoms with Gasteiger partial charge in [0.15, 0.2) is 0 Å². The molecule has 0 aliphatic heterocycles. The molecule has 0 bridgehead atoms. The van der Waals surface area contributed by atoms with Crippen LogP contribution in [0.5, 0.6) is 0 Å². The third-order valence-corrected chi connectivity index (χ3v) is 4.33. The first kappa shape index (κ1) is 16.7. The van der Waals surface area contributed by atoms with Crippen molar-refractivity contribution < 1.29 is 9.32 Å². The minimum Gasteiger partial charge on any atom is -0.360 e. The summed E-state index contributed by atoms with van der Waals surface area (Å²) in [5.74, 6) is 0.0933. The number of aromatic nitrogens is 1. The van der Waals surface area contributed by atoms with Gasteiger partial charge in [0.2, 0.25) is 0 Å². The molecule has 0 aliphatic carbocycles. The Balaban J connectivity index is 1.59. The lowest BCUT2D eigenvalue weighted by Gasteiger charge is -2.03. The first-order chi connectivity index (χ1) is 13.2. The Morgan fingerprint density at radius 1 is 1.00 bits per heavy atom. The minimum absolute atomic E-state index is 0.357. The van der Waals surface area contributed by atoms with Gasteiger partial charge in [-0.2, -0.15) is 5.10 Å². The van der Waals surface area contributed by atoms with E-state index in [1.807, 2.05) is 72.8 Å². The molecule has 27 heavy (non-hydrogen) atoms. The topological polar surface area (TPSA) is 67.5 Å². The van der Waals surface area contributed by atoms with E-state index in [0.717, 1.165) is 21.9 Å². The van der Waals surface area contributed by atoms with Gasteiger partial charge in [-0.05, 0) is 17.7 Å². The summed E-state index contributed by atoms with van der Waals surface area (Å²) in [6, 6.07) is 23.4. The Morgan fingerprint density at radius 2 is 1.74 bits per heavy atom. The van der Waals surface area contributed by atoms with E-state index in [9.17, 15) is 4.79 Å². The fraction of sp³-hybridized carbons (Fsp3) is 0.0455. The number of nitrogens with zero attached hydrogens (tertiary/aromatic N) is 2. The average Bonchev–Trinajstić information content (AvgIpc) is 3.10. The van der Waals surface area contributed by atoms with Gasteiger partial charge in [0.05, 0.1) is 6.21 Å². The molecule has 4 rings (SSSR count). The van der Waals surface area contributed by atoms with Crippen LogP contribution in [0, 0.1) is 6.92 Å². The summed E-state index contributed by atoms with van der Waals surface area (Å²) in [7, 11) is 0. The summed E-state index contributed by atoms with van der Waals surface area (Å²) < 4.78 is 5.23. The van der Waals surface area contributed by atoms with Crippen LogP contribution in [0.15, 0.2) is 82.4 Å². The fourth-order valence-electron chi connectivity index (χ4n) is 3.01. The molecule has 1 aromatic heterocycles. The normalized spacial score (nSPS) is 11.1. The van der Waals surface area contributed by atoms with Gasteiger partial charge in [-0.25, -0.2) is 5.43 Å². The zero-order chi connectivity index (χ0) is 18.6. The Kier molecular flexibility index (Phi) is 4.49. The van der Waals surface area contributed by atoms with Crippen LogP contribution in [0.4, 0.5) is 0 Å². The number of benzene rings is 3. The molecule has 3 aromatic carbocycles. The molecule has 4 aromatic rings. The van der Waals surface area contributed by atoms with Gasteiger partial charge in [0.1, 0.15) is 17.0 Å². The Hall–Kier alpha value is -3.73. The van der Waals surface area contributed by atoms with E-state index in [0.29, 0.717) is 17.0 Å². The van der Waals surface area contributed by atoms with Crippen molar-refractivity contribution in [2.24, 2.45) is 5.10 Å². The number of nitrogens with one attached hydrogen (secondary N) is 1. The molecule has 0 atom stereocenters. The van der Waals surface area contributed by atoms with Crippen molar-refractivity contribution in [3.8, 4) is 11.3 Å². The van der Waals surface area contributed by atoms with E-state index in [1.165, 1.54) is 0 Å². The average molecular weight is 355 g/mol. The Bertz CT molecular complexity index is 1130. The molecular weight excluding hydrogens is 338 g/mol. The maximum Gasteiger partial charge on any atom is 0.277 e. The largest absolute Gasteiger partial charge is 0.360 e. The van der Waals surface area contributed by atoms with Crippen molar-refractivity contribution in [2.75, 3.05) is 0 Å². The zero-order valence-electron chi connectivity index (χ0n) is 14.7. The molecular formula is C22H17N3O2. The maximum atomic E-state index is 12.6. The number of hydrazone groups is 1. The molecule has 0 aliphatic rings. The van der Waals surface area contributed by atoms with Crippen LogP contribution in [0.2, 0.25) is 0 Å². The molecule has 5 nitrogen and oxygen atoms in total. The molecule has 0 radical (unpaired) electrons. The number of carbonyl (C=O) groups is 1.